The van der Waals surface area contributed by atoms with Gasteiger partial charge in [-0.3, -0.25) is 4.79 Å². The summed E-state index contributed by atoms with van der Waals surface area (Å²) in [6, 6.07) is 16.8. The van der Waals surface area contributed by atoms with Crippen LogP contribution in [-0.2, 0) is 11.2 Å². The smallest absolute Gasteiger partial charge is 0.224 e. The number of carbonyl (C=O) groups is 1. The Balaban J connectivity index is 1.60. The van der Waals surface area contributed by atoms with Crippen molar-refractivity contribution in [2.24, 2.45) is 5.73 Å². The Kier molecular flexibility index (Phi) is 7.71. The Bertz CT molecular complexity index is 1070. The number of primary amides is 1. The molecule has 0 heterocycles. The molecule has 0 fully saturated rings. The van der Waals surface area contributed by atoms with Crippen molar-refractivity contribution in [1.29, 1.82) is 0 Å². The van der Waals surface area contributed by atoms with E-state index in [2.05, 4.69) is 0 Å². The second kappa shape index (κ2) is 10.7. The van der Waals surface area contributed by atoms with E-state index in [-0.39, 0.29) is 11.6 Å². The third-order valence-corrected chi connectivity index (χ3v) is 5.33. The highest BCUT2D eigenvalue weighted by Gasteiger charge is 2.16. The molecular weight excluding hydrogens is 409 g/mol. The van der Waals surface area contributed by atoms with E-state index in [1.54, 1.807) is 25.1 Å². The third-order valence-electron chi connectivity index (χ3n) is 5.33. The minimum atomic E-state index is -0.433. The lowest BCUT2D eigenvalue weighted by Crippen LogP contribution is -2.19. The molecule has 1 atom stereocenters. The van der Waals surface area contributed by atoms with Crippen LogP contribution in [0.25, 0.3) is 11.1 Å². The molecule has 6 heteroatoms. The molecule has 0 aliphatic heterocycles. The van der Waals surface area contributed by atoms with Gasteiger partial charge in [0.05, 0.1) is 19.1 Å². The number of ether oxygens (including phenoxy) is 2. The van der Waals surface area contributed by atoms with Crippen LogP contribution in [0, 0.1) is 5.82 Å². The number of benzene rings is 3. The summed E-state index contributed by atoms with van der Waals surface area (Å²) in [6.45, 7) is 4.56. The summed E-state index contributed by atoms with van der Waals surface area (Å²) in [5.74, 6) is 0.165. The molecule has 32 heavy (non-hydrogen) atoms. The average molecular weight is 438 g/mol. The van der Waals surface area contributed by atoms with Gasteiger partial charge in [-0.15, -0.1) is 0 Å². The Hall–Kier alpha value is -3.54. The molecule has 1 amide bonds. The average Bonchev–Trinajstić information content (AvgIpc) is 2.79. The molecule has 0 aromatic heterocycles. The van der Waals surface area contributed by atoms with E-state index in [0.29, 0.717) is 36.7 Å². The van der Waals surface area contributed by atoms with Gasteiger partial charge in [-0.1, -0.05) is 37.3 Å². The topological polar surface area (TPSA) is 81.8 Å². The number of phenolic OH excluding ortho intramolecular Hbond substituents is 1. The van der Waals surface area contributed by atoms with Gasteiger partial charge in [0.25, 0.3) is 0 Å². The van der Waals surface area contributed by atoms with Crippen LogP contribution in [0.3, 0.4) is 0 Å². The molecule has 0 aliphatic carbocycles. The van der Waals surface area contributed by atoms with Gasteiger partial charge in [-0.05, 0) is 48.7 Å². The summed E-state index contributed by atoms with van der Waals surface area (Å²) < 4.78 is 25.0. The normalized spacial score (nSPS) is 11.7. The Morgan fingerprint density at radius 3 is 2.34 bits per heavy atom. The van der Waals surface area contributed by atoms with Crippen molar-refractivity contribution in [3.63, 3.8) is 0 Å². The quantitative estimate of drug-likeness (QED) is 0.427. The minimum Gasteiger partial charge on any atom is -0.507 e. The van der Waals surface area contributed by atoms with Crippen molar-refractivity contribution in [3.05, 3.63) is 77.6 Å². The number of amides is 1. The zero-order valence-corrected chi connectivity index (χ0v) is 18.3. The van der Waals surface area contributed by atoms with Crippen LogP contribution in [0.15, 0.2) is 60.7 Å². The molecule has 1 unspecified atom stereocenters. The van der Waals surface area contributed by atoms with Crippen LogP contribution >= 0.6 is 0 Å². The van der Waals surface area contributed by atoms with Gasteiger partial charge in [0.15, 0.2) is 0 Å². The summed E-state index contributed by atoms with van der Waals surface area (Å²) in [4.78, 5) is 11.5. The van der Waals surface area contributed by atoms with Crippen LogP contribution in [0.4, 0.5) is 4.39 Å². The minimum absolute atomic E-state index is 0.0782. The van der Waals surface area contributed by atoms with E-state index in [0.717, 1.165) is 23.1 Å². The molecule has 0 saturated heterocycles. The van der Waals surface area contributed by atoms with Crippen molar-refractivity contribution in [2.75, 3.05) is 13.2 Å². The number of rotatable bonds is 10. The SMILES string of the molecule is CCc1cc(-c2ccc(F)cc2)c(O)cc1OCCCOc1ccccc1C(C)C(N)=O. The van der Waals surface area contributed by atoms with Gasteiger partial charge in [-0.25, -0.2) is 4.39 Å². The predicted molar refractivity (Wildman–Crippen MR) is 123 cm³/mol. The van der Waals surface area contributed by atoms with Crippen LogP contribution < -0.4 is 15.2 Å². The Labute approximate surface area is 187 Å². The van der Waals surface area contributed by atoms with Gasteiger partial charge in [0, 0.05) is 23.6 Å². The molecular formula is C26H28FNO4. The number of phenols is 1. The highest BCUT2D eigenvalue weighted by Crippen LogP contribution is 2.36. The number of halogens is 1. The van der Waals surface area contributed by atoms with Gasteiger partial charge in [0.1, 0.15) is 23.1 Å². The van der Waals surface area contributed by atoms with Crippen LogP contribution in [0.1, 0.15) is 37.3 Å². The highest BCUT2D eigenvalue weighted by atomic mass is 19.1. The van der Waals surface area contributed by atoms with E-state index in [1.807, 2.05) is 37.3 Å². The second-order valence-electron chi connectivity index (χ2n) is 7.55. The van der Waals surface area contributed by atoms with Gasteiger partial charge >= 0.3 is 0 Å². The molecule has 3 N–H and O–H groups in total. The molecule has 5 nitrogen and oxygen atoms in total. The largest absolute Gasteiger partial charge is 0.507 e. The molecule has 0 aliphatic rings. The summed E-state index contributed by atoms with van der Waals surface area (Å²) in [5, 5.41) is 10.5. The molecule has 3 rings (SSSR count). The van der Waals surface area contributed by atoms with E-state index in [9.17, 15) is 14.3 Å². The Morgan fingerprint density at radius 1 is 1.03 bits per heavy atom. The maximum atomic E-state index is 13.2. The fourth-order valence-corrected chi connectivity index (χ4v) is 3.43. The molecule has 3 aromatic rings. The van der Waals surface area contributed by atoms with E-state index < -0.39 is 11.8 Å². The van der Waals surface area contributed by atoms with Crippen LogP contribution in [-0.4, -0.2) is 24.2 Å². The maximum absolute atomic E-state index is 13.2. The predicted octanol–water partition coefficient (Wildman–Crippen LogP) is 5.20. The van der Waals surface area contributed by atoms with E-state index >= 15 is 0 Å². The van der Waals surface area contributed by atoms with Crippen molar-refractivity contribution in [2.45, 2.75) is 32.6 Å². The van der Waals surface area contributed by atoms with Crippen molar-refractivity contribution < 1.29 is 23.8 Å². The first-order valence-corrected chi connectivity index (χ1v) is 10.7. The number of carbonyl (C=O) groups excluding carboxylic acids is 1. The lowest BCUT2D eigenvalue weighted by molar-refractivity contribution is -0.119. The number of hydrogen-bond donors (Lipinski definition) is 2. The van der Waals surface area contributed by atoms with Gasteiger partial charge in [0.2, 0.25) is 5.91 Å². The lowest BCUT2D eigenvalue weighted by Gasteiger charge is -2.16. The first kappa shape index (κ1) is 23.1. The van der Waals surface area contributed by atoms with Crippen molar-refractivity contribution >= 4 is 5.91 Å². The number of hydrogen-bond acceptors (Lipinski definition) is 4. The van der Waals surface area contributed by atoms with Gasteiger partial charge < -0.3 is 20.3 Å². The maximum Gasteiger partial charge on any atom is 0.224 e. The highest BCUT2D eigenvalue weighted by molar-refractivity contribution is 5.82. The zero-order chi connectivity index (χ0) is 23.1. The second-order valence-corrected chi connectivity index (χ2v) is 7.55. The lowest BCUT2D eigenvalue weighted by atomic mass is 10.00. The summed E-state index contributed by atoms with van der Waals surface area (Å²) in [7, 11) is 0. The summed E-state index contributed by atoms with van der Waals surface area (Å²) in [6.07, 6.45) is 1.33. The van der Waals surface area contributed by atoms with Gasteiger partial charge in [-0.2, -0.15) is 0 Å². The monoisotopic (exact) mass is 437 g/mol. The summed E-state index contributed by atoms with van der Waals surface area (Å²) >= 11 is 0. The van der Waals surface area contributed by atoms with Crippen molar-refractivity contribution in [3.8, 4) is 28.4 Å². The van der Waals surface area contributed by atoms with E-state index in [4.69, 9.17) is 15.2 Å². The van der Waals surface area contributed by atoms with E-state index in [1.165, 1.54) is 12.1 Å². The number of aryl methyl sites for hydroxylation is 1. The molecule has 0 radical (unpaired) electrons. The summed E-state index contributed by atoms with van der Waals surface area (Å²) in [5.41, 5.74) is 8.50. The fourth-order valence-electron chi connectivity index (χ4n) is 3.43. The number of nitrogens with two attached hydrogens (primary N) is 1. The zero-order valence-electron chi connectivity index (χ0n) is 18.3. The Morgan fingerprint density at radius 2 is 1.69 bits per heavy atom. The standard InChI is InChI=1S/C26H28FNO4/c1-3-18-15-22(19-9-11-20(27)12-10-19)23(29)16-25(18)32-14-6-13-31-24-8-5-4-7-21(24)17(2)26(28)30/h4-5,7-12,15-17,29H,3,6,13-14H2,1-2H3,(H2,28,30). The number of aromatic hydroxyl groups is 1. The molecule has 168 valence electrons. The first-order valence-electron chi connectivity index (χ1n) is 10.7. The van der Waals surface area contributed by atoms with Crippen LogP contribution in [0.5, 0.6) is 17.2 Å². The molecule has 0 spiro atoms. The molecule has 0 bridgehead atoms. The molecule has 0 saturated carbocycles. The van der Waals surface area contributed by atoms with Crippen molar-refractivity contribution in [1.82, 2.24) is 0 Å². The van der Waals surface area contributed by atoms with Crippen LogP contribution in [0.2, 0.25) is 0 Å². The molecule has 3 aromatic carbocycles. The first-order chi connectivity index (χ1) is 15.4. The fraction of sp³-hybridized carbons (Fsp3) is 0.269. The number of para-hydroxylation sites is 1. The third kappa shape index (κ3) is 5.58.